The van der Waals surface area contributed by atoms with Crippen molar-refractivity contribution in [3.8, 4) is 11.5 Å². The number of methoxy groups -OCH3 is 1. The number of hydrogen-bond donors (Lipinski definition) is 2. The fourth-order valence-electron chi connectivity index (χ4n) is 1.56. The van der Waals surface area contributed by atoms with Gasteiger partial charge in [-0.15, -0.1) is 0 Å². The number of nitrogens with one attached hydrogen (secondary N) is 1. The SMILES string of the molecule is C=CCOc1ccc(/C=C/C(=O)NC(C)CO)cc1OC. The summed E-state index contributed by atoms with van der Waals surface area (Å²) in [6, 6.07) is 5.10. The van der Waals surface area contributed by atoms with E-state index in [-0.39, 0.29) is 18.6 Å². The highest BCUT2D eigenvalue weighted by atomic mass is 16.5. The first-order chi connectivity index (χ1) is 10.1. The van der Waals surface area contributed by atoms with Crippen LogP contribution in [0.5, 0.6) is 11.5 Å². The molecule has 1 aromatic rings. The Morgan fingerprint density at radius 2 is 2.24 bits per heavy atom. The largest absolute Gasteiger partial charge is 0.493 e. The molecule has 1 unspecified atom stereocenters. The maximum absolute atomic E-state index is 11.6. The summed E-state index contributed by atoms with van der Waals surface area (Å²) in [5, 5.41) is 11.5. The van der Waals surface area contributed by atoms with Crippen LogP contribution in [-0.2, 0) is 4.79 Å². The van der Waals surface area contributed by atoms with E-state index in [2.05, 4.69) is 11.9 Å². The Balaban J connectivity index is 2.75. The molecule has 1 rings (SSSR count). The number of carbonyl (C=O) groups excluding carboxylic acids is 1. The highest BCUT2D eigenvalue weighted by molar-refractivity contribution is 5.92. The zero-order chi connectivity index (χ0) is 15.7. The summed E-state index contributed by atoms with van der Waals surface area (Å²) in [5.74, 6) is 0.943. The summed E-state index contributed by atoms with van der Waals surface area (Å²) in [6.07, 6.45) is 4.73. The highest BCUT2D eigenvalue weighted by Gasteiger charge is 2.05. The highest BCUT2D eigenvalue weighted by Crippen LogP contribution is 2.28. The quantitative estimate of drug-likeness (QED) is 0.566. The first kappa shape index (κ1) is 16.8. The first-order valence-electron chi connectivity index (χ1n) is 6.62. The summed E-state index contributed by atoms with van der Waals surface area (Å²) >= 11 is 0. The van der Waals surface area contributed by atoms with Crippen molar-refractivity contribution in [3.05, 3.63) is 42.5 Å². The standard InChI is InChI=1S/C16H21NO4/c1-4-9-21-14-7-5-13(10-15(14)20-3)6-8-16(19)17-12(2)11-18/h4-8,10,12,18H,1,9,11H2,2-3H3,(H,17,19)/b8-6+. The molecule has 1 amide bonds. The molecule has 1 aromatic carbocycles. The van der Waals surface area contributed by atoms with Crippen molar-refractivity contribution in [1.29, 1.82) is 0 Å². The van der Waals surface area contributed by atoms with E-state index in [1.165, 1.54) is 6.08 Å². The molecule has 0 aliphatic heterocycles. The molecule has 0 saturated carbocycles. The Kier molecular flexibility index (Phi) is 7.04. The Morgan fingerprint density at radius 1 is 1.48 bits per heavy atom. The van der Waals surface area contributed by atoms with Crippen LogP contribution in [0.3, 0.4) is 0 Å². The second kappa shape index (κ2) is 8.81. The molecule has 5 nitrogen and oxygen atoms in total. The van der Waals surface area contributed by atoms with Crippen molar-refractivity contribution >= 4 is 12.0 Å². The minimum absolute atomic E-state index is 0.0945. The van der Waals surface area contributed by atoms with Crippen molar-refractivity contribution < 1.29 is 19.4 Å². The monoisotopic (exact) mass is 291 g/mol. The summed E-state index contributed by atoms with van der Waals surface area (Å²) < 4.78 is 10.7. The second-order valence-electron chi connectivity index (χ2n) is 4.44. The van der Waals surface area contributed by atoms with Crippen LogP contribution in [0, 0.1) is 0 Å². The Morgan fingerprint density at radius 3 is 2.86 bits per heavy atom. The van der Waals surface area contributed by atoms with Crippen molar-refractivity contribution in [3.63, 3.8) is 0 Å². The summed E-state index contributed by atoms with van der Waals surface area (Å²) in [4.78, 5) is 11.6. The zero-order valence-corrected chi connectivity index (χ0v) is 12.3. The third-order valence-corrected chi connectivity index (χ3v) is 2.63. The number of amides is 1. The minimum Gasteiger partial charge on any atom is -0.493 e. The van der Waals surface area contributed by atoms with E-state index in [9.17, 15) is 4.79 Å². The van der Waals surface area contributed by atoms with Gasteiger partial charge < -0.3 is 19.9 Å². The van der Waals surface area contributed by atoms with Gasteiger partial charge in [0.25, 0.3) is 0 Å². The lowest BCUT2D eigenvalue weighted by atomic mass is 10.2. The lowest BCUT2D eigenvalue weighted by Crippen LogP contribution is -2.33. The molecule has 5 heteroatoms. The Hall–Kier alpha value is -2.27. The molecule has 0 aliphatic carbocycles. The van der Waals surface area contributed by atoms with Crippen LogP contribution >= 0.6 is 0 Å². The molecule has 0 saturated heterocycles. The molecule has 0 aliphatic rings. The van der Waals surface area contributed by atoms with Gasteiger partial charge in [-0.2, -0.15) is 0 Å². The number of ether oxygens (including phenoxy) is 2. The van der Waals surface area contributed by atoms with Crippen LogP contribution in [-0.4, -0.2) is 37.4 Å². The van der Waals surface area contributed by atoms with Gasteiger partial charge in [0.05, 0.1) is 13.7 Å². The van der Waals surface area contributed by atoms with Crippen LogP contribution < -0.4 is 14.8 Å². The van der Waals surface area contributed by atoms with Crippen LogP contribution in [0.1, 0.15) is 12.5 Å². The number of rotatable bonds is 8. The fraction of sp³-hybridized carbons (Fsp3) is 0.312. The molecule has 0 spiro atoms. The van der Waals surface area contributed by atoms with Crippen molar-refractivity contribution in [2.45, 2.75) is 13.0 Å². The van der Waals surface area contributed by atoms with Crippen LogP contribution in [0.2, 0.25) is 0 Å². The second-order valence-corrected chi connectivity index (χ2v) is 4.44. The smallest absolute Gasteiger partial charge is 0.244 e. The Labute approximate surface area is 124 Å². The molecular formula is C16H21NO4. The van der Waals surface area contributed by atoms with Gasteiger partial charge in [0.15, 0.2) is 11.5 Å². The number of hydrogen-bond acceptors (Lipinski definition) is 4. The van der Waals surface area contributed by atoms with Crippen molar-refractivity contribution in [2.75, 3.05) is 20.3 Å². The van der Waals surface area contributed by atoms with Crippen molar-refractivity contribution in [1.82, 2.24) is 5.32 Å². The number of aliphatic hydroxyl groups excluding tert-OH is 1. The topological polar surface area (TPSA) is 67.8 Å². The third-order valence-electron chi connectivity index (χ3n) is 2.63. The van der Waals surface area contributed by atoms with Gasteiger partial charge in [-0.3, -0.25) is 4.79 Å². The van der Waals surface area contributed by atoms with Crippen LogP contribution in [0.15, 0.2) is 36.9 Å². The van der Waals surface area contributed by atoms with E-state index >= 15 is 0 Å². The van der Waals surface area contributed by atoms with Crippen molar-refractivity contribution in [2.24, 2.45) is 0 Å². The van der Waals surface area contributed by atoms with E-state index in [0.29, 0.717) is 18.1 Å². The van der Waals surface area contributed by atoms with E-state index in [1.807, 2.05) is 6.07 Å². The lowest BCUT2D eigenvalue weighted by Gasteiger charge is -2.10. The van der Waals surface area contributed by atoms with E-state index < -0.39 is 0 Å². The molecular weight excluding hydrogens is 270 g/mol. The van der Waals surface area contributed by atoms with Gasteiger partial charge in [-0.1, -0.05) is 18.7 Å². The Bertz CT molecular complexity index is 511. The van der Waals surface area contributed by atoms with Gasteiger partial charge in [0, 0.05) is 12.1 Å². The number of benzene rings is 1. The molecule has 0 heterocycles. The van der Waals surface area contributed by atoms with Gasteiger partial charge in [-0.25, -0.2) is 0 Å². The molecule has 0 radical (unpaired) electrons. The average Bonchev–Trinajstić information content (AvgIpc) is 2.50. The maximum atomic E-state index is 11.6. The lowest BCUT2D eigenvalue weighted by molar-refractivity contribution is -0.117. The van der Waals surface area contributed by atoms with Gasteiger partial charge in [0.2, 0.25) is 5.91 Å². The molecule has 21 heavy (non-hydrogen) atoms. The predicted octanol–water partition coefficient (Wildman–Crippen LogP) is 1.77. The van der Waals surface area contributed by atoms with E-state index in [1.54, 1.807) is 38.3 Å². The average molecular weight is 291 g/mol. The fourth-order valence-corrected chi connectivity index (χ4v) is 1.56. The molecule has 2 N–H and O–H groups in total. The summed E-state index contributed by atoms with van der Waals surface area (Å²) in [6.45, 7) is 5.61. The predicted molar refractivity (Wildman–Crippen MR) is 82.4 cm³/mol. The third kappa shape index (κ3) is 5.71. The molecule has 1 atom stereocenters. The molecule has 114 valence electrons. The van der Waals surface area contributed by atoms with Crippen LogP contribution in [0.4, 0.5) is 0 Å². The van der Waals surface area contributed by atoms with E-state index in [4.69, 9.17) is 14.6 Å². The molecule has 0 fully saturated rings. The van der Waals surface area contributed by atoms with E-state index in [0.717, 1.165) is 5.56 Å². The normalized spacial score (nSPS) is 12.0. The summed E-state index contributed by atoms with van der Waals surface area (Å²) in [5.41, 5.74) is 0.810. The number of aliphatic hydroxyl groups is 1. The van der Waals surface area contributed by atoms with Gasteiger partial charge >= 0.3 is 0 Å². The van der Waals surface area contributed by atoms with Gasteiger partial charge in [-0.05, 0) is 30.7 Å². The zero-order valence-electron chi connectivity index (χ0n) is 12.3. The summed E-state index contributed by atoms with van der Waals surface area (Å²) in [7, 11) is 1.55. The molecule has 0 aromatic heterocycles. The number of carbonyl (C=O) groups is 1. The van der Waals surface area contributed by atoms with Gasteiger partial charge in [0.1, 0.15) is 6.61 Å². The minimum atomic E-state index is -0.272. The first-order valence-corrected chi connectivity index (χ1v) is 6.62. The molecule has 0 bridgehead atoms. The van der Waals surface area contributed by atoms with Crippen LogP contribution in [0.25, 0.3) is 6.08 Å². The maximum Gasteiger partial charge on any atom is 0.244 e.